The van der Waals surface area contributed by atoms with Crippen molar-refractivity contribution in [3.63, 3.8) is 0 Å². The van der Waals surface area contributed by atoms with Gasteiger partial charge in [-0.3, -0.25) is 0 Å². The Bertz CT molecular complexity index is 725. The average molecular weight is 272 g/mol. The lowest BCUT2D eigenvalue weighted by Gasteiger charge is -2.03. The number of aromatic nitrogens is 3. The molecule has 0 saturated heterocycles. The summed E-state index contributed by atoms with van der Waals surface area (Å²) in [5.74, 6) is 0.729. The first kappa shape index (κ1) is 11.9. The zero-order valence-corrected chi connectivity index (χ0v) is 11.1. The maximum Gasteiger partial charge on any atom is 0.172 e. The molecule has 6 heteroatoms. The van der Waals surface area contributed by atoms with Crippen LogP contribution in [-0.4, -0.2) is 22.1 Å². The second kappa shape index (κ2) is 4.81. The van der Waals surface area contributed by atoms with E-state index in [1.165, 1.54) is 11.8 Å². The fourth-order valence-corrected chi connectivity index (χ4v) is 2.61. The molecule has 2 heterocycles. The van der Waals surface area contributed by atoms with Crippen LogP contribution in [0.4, 0.5) is 5.69 Å². The van der Waals surface area contributed by atoms with Crippen LogP contribution >= 0.6 is 11.8 Å². The Morgan fingerprint density at radius 2 is 2.21 bits per heavy atom. The number of benzene rings is 1. The summed E-state index contributed by atoms with van der Waals surface area (Å²) in [5.41, 5.74) is 8.25. The molecule has 0 atom stereocenters. The van der Waals surface area contributed by atoms with Crippen LogP contribution in [0.5, 0.6) is 5.75 Å². The van der Waals surface area contributed by atoms with Crippen molar-refractivity contribution in [2.24, 2.45) is 0 Å². The van der Waals surface area contributed by atoms with Crippen molar-refractivity contribution in [1.82, 2.24) is 15.0 Å². The summed E-state index contributed by atoms with van der Waals surface area (Å²) in [7, 11) is 1.63. The third-order valence-electron chi connectivity index (χ3n) is 2.63. The second-order valence-corrected chi connectivity index (χ2v) is 4.91. The van der Waals surface area contributed by atoms with E-state index in [1.807, 2.05) is 30.3 Å². The van der Waals surface area contributed by atoms with Crippen LogP contribution < -0.4 is 10.5 Å². The molecule has 0 fully saturated rings. The van der Waals surface area contributed by atoms with Crippen molar-refractivity contribution in [3.05, 3.63) is 36.5 Å². The molecule has 0 aliphatic carbocycles. The van der Waals surface area contributed by atoms with Crippen molar-refractivity contribution in [2.45, 2.75) is 10.2 Å². The quantitative estimate of drug-likeness (QED) is 0.717. The molecule has 2 aromatic heterocycles. The number of methoxy groups -OCH3 is 1. The van der Waals surface area contributed by atoms with Crippen molar-refractivity contribution in [2.75, 3.05) is 12.8 Å². The van der Waals surface area contributed by atoms with Crippen molar-refractivity contribution < 1.29 is 4.74 Å². The van der Waals surface area contributed by atoms with Crippen molar-refractivity contribution in [1.29, 1.82) is 0 Å². The molecule has 0 amide bonds. The molecule has 0 saturated carbocycles. The van der Waals surface area contributed by atoms with E-state index in [-0.39, 0.29) is 0 Å². The summed E-state index contributed by atoms with van der Waals surface area (Å²) in [5, 5.41) is 1.54. The van der Waals surface area contributed by atoms with Gasteiger partial charge in [0, 0.05) is 11.9 Å². The van der Waals surface area contributed by atoms with E-state index in [4.69, 9.17) is 10.5 Å². The minimum Gasteiger partial charge on any atom is -0.494 e. The molecule has 0 spiro atoms. The summed E-state index contributed by atoms with van der Waals surface area (Å²) < 4.78 is 5.27. The number of nitrogens with zero attached hydrogens (tertiary/aromatic N) is 2. The number of fused-ring (bicyclic) bond motifs is 1. The molecule has 3 N–H and O–H groups in total. The SMILES string of the molecule is COc1cccnc1Sc1nc2ccc(N)cc2[nH]1. The Labute approximate surface area is 114 Å². The van der Waals surface area contributed by atoms with Crippen LogP contribution in [-0.2, 0) is 0 Å². The number of nitrogens with one attached hydrogen (secondary N) is 1. The van der Waals surface area contributed by atoms with Gasteiger partial charge in [0.15, 0.2) is 10.9 Å². The van der Waals surface area contributed by atoms with E-state index >= 15 is 0 Å². The highest BCUT2D eigenvalue weighted by atomic mass is 32.2. The largest absolute Gasteiger partial charge is 0.494 e. The third-order valence-corrected chi connectivity index (χ3v) is 3.52. The Balaban J connectivity index is 1.96. The number of anilines is 1. The molecule has 19 heavy (non-hydrogen) atoms. The minimum absolute atomic E-state index is 0.711. The first-order chi connectivity index (χ1) is 9.26. The van der Waals surface area contributed by atoms with E-state index in [0.29, 0.717) is 5.69 Å². The van der Waals surface area contributed by atoms with Gasteiger partial charge < -0.3 is 15.5 Å². The summed E-state index contributed by atoms with van der Waals surface area (Å²) in [4.78, 5) is 12.0. The number of pyridine rings is 1. The number of ether oxygens (including phenoxy) is 1. The monoisotopic (exact) mass is 272 g/mol. The molecular formula is C13H12N4OS. The summed E-state index contributed by atoms with van der Waals surface area (Å²) in [6, 6.07) is 9.29. The Morgan fingerprint density at radius 1 is 1.32 bits per heavy atom. The normalized spacial score (nSPS) is 10.8. The van der Waals surface area contributed by atoms with E-state index in [0.717, 1.165) is 27.0 Å². The molecule has 96 valence electrons. The number of hydrogen-bond donors (Lipinski definition) is 2. The zero-order valence-electron chi connectivity index (χ0n) is 10.3. The molecule has 3 rings (SSSR count). The molecular weight excluding hydrogens is 260 g/mol. The Morgan fingerprint density at radius 3 is 3.05 bits per heavy atom. The number of nitrogen functional groups attached to an aromatic ring is 1. The topological polar surface area (TPSA) is 76.8 Å². The number of rotatable bonds is 3. The van der Waals surface area contributed by atoms with Gasteiger partial charge in [-0.15, -0.1) is 0 Å². The number of nitrogens with two attached hydrogens (primary N) is 1. The van der Waals surface area contributed by atoms with E-state index in [2.05, 4.69) is 15.0 Å². The molecule has 0 aliphatic rings. The van der Waals surface area contributed by atoms with Gasteiger partial charge in [0.2, 0.25) is 0 Å². The molecule has 3 aromatic rings. The number of hydrogen-bond acceptors (Lipinski definition) is 5. The van der Waals surface area contributed by atoms with Crippen LogP contribution in [0.2, 0.25) is 0 Å². The Hall–Kier alpha value is -2.21. The standard InChI is InChI=1S/C13H12N4OS/c1-18-11-3-2-6-15-12(11)19-13-16-9-5-4-8(14)7-10(9)17-13/h2-7H,14H2,1H3,(H,16,17). The van der Waals surface area contributed by atoms with Gasteiger partial charge >= 0.3 is 0 Å². The van der Waals surface area contributed by atoms with Gasteiger partial charge in [-0.05, 0) is 42.1 Å². The lowest BCUT2D eigenvalue weighted by atomic mass is 10.3. The summed E-state index contributed by atoms with van der Waals surface area (Å²) in [6.07, 6.45) is 1.73. The van der Waals surface area contributed by atoms with Crippen LogP contribution in [0.25, 0.3) is 11.0 Å². The summed E-state index contributed by atoms with van der Waals surface area (Å²) >= 11 is 1.43. The average Bonchev–Trinajstić information content (AvgIpc) is 2.80. The fraction of sp³-hybridized carbons (Fsp3) is 0.0769. The van der Waals surface area contributed by atoms with Gasteiger partial charge in [0.1, 0.15) is 5.03 Å². The highest BCUT2D eigenvalue weighted by Gasteiger charge is 2.09. The minimum atomic E-state index is 0.711. The van der Waals surface area contributed by atoms with E-state index < -0.39 is 0 Å². The first-order valence-corrected chi connectivity index (χ1v) is 6.50. The molecule has 0 aliphatic heterocycles. The van der Waals surface area contributed by atoms with Crippen LogP contribution in [0.15, 0.2) is 46.7 Å². The Kier molecular flexibility index (Phi) is 3.00. The predicted molar refractivity (Wildman–Crippen MR) is 75.4 cm³/mol. The molecule has 5 nitrogen and oxygen atoms in total. The number of H-pyrrole nitrogens is 1. The lowest BCUT2D eigenvalue weighted by Crippen LogP contribution is -1.88. The molecule has 0 radical (unpaired) electrons. The number of imidazole rings is 1. The van der Waals surface area contributed by atoms with Gasteiger partial charge in [-0.2, -0.15) is 0 Å². The van der Waals surface area contributed by atoms with Gasteiger partial charge in [0.25, 0.3) is 0 Å². The van der Waals surface area contributed by atoms with Crippen LogP contribution in [0.3, 0.4) is 0 Å². The maximum atomic E-state index is 5.74. The van der Waals surface area contributed by atoms with Gasteiger partial charge in [-0.25, -0.2) is 9.97 Å². The highest BCUT2D eigenvalue weighted by Crippen LogP contribution is 2.32. The smallest absolute Gasteiger partial charge is 0.172 e. The molecule has 0 bridgehead atoms. The van der Waals surface area contributed by atoms with Crippen LogP contribution in [0.1, 0.15) is 0 Å². The first-order valence-electron chi connectivity index (χ1n) is 5.68. The third kappa shape index (κ3) is 2.34. The predicted octanol–water partition coefficient (Wildman–Crippen LogP) is 2.70. The summed E-state index contributed by atoms with van der Waals surface area (Å²) in [6.45, 7) is 0. The van der Waals surface area contributed by atoms with E-state index in [1.54, 1.807) is 13.3 Å². The fourth-order valence-electron chi connectivity index (χ4n) is 1.75. The number of aromatic amines is 1. The van der Waals surface area contributed by atoms with Gasteiger partial charge in [-0.1, -0.05) is 0 Å². The maximum absolute atomic E-state index is 5.74. The van der Waals surface area contributed by atoms with Crippen molar-refractivity contribution >= 4 is 28.5 Å². The van der Waals surface area contributed by atoms with Gasteiger partial charge in [0.05, 0.1) is 18.1 Å². The highest BCUT2D eigenvalue weighted by molar-refractivity contribution is 7.99. The lowest BCUT2D eigenvalue weighted by molar-refractivity contribution is 0.400. The molecule has 1 aromatic carbocycles. The second-order valence-electron chi connectivity index (χ2n) is 3.93. The van der Waals surface area contributed by atoms with E-state index in [9.17, 15) is 0 Å². The van der Waals surface area contributed by atoms with Crippen molar-refractivity contribution in [3.8, 4) is 5.75 Å². The zero-order chi connectivity index (χ0) is 13.2. The molecule has 0 unspecified atom stereocenters. The van der Waals surface area contributed by atoms with Crippen LogP contribution in [0, 0.1) is 0 Å².